The van der Waals surface area contributed by atoms with E-state index in [1.165, 1.54) is 22.3 Å². The summed E-state index contributed by atoms with van der Waals surface area (Å²) in [5.41, 5.74) is 5.25. The fourth-order valence-corrected chi connectivity index (χ4v) is 2.05. The van der Waals surface area contributed by atoms with Gasteiger partial charge in [-0.3, -0.25) is 4.79 Å². The SMILES string of the molecule is Cc1ccc(CCN(C)C(=O)CCC#N)c(C)c1C. The quantitative estimate of drug-likeness (QED) is 0.815. The summed E-state index contributed by atoms with van der Waals surface area (Å²) < 4.78 is 0. The zero-order valence-electron chi connectivity index (χ0n) is 12.3. The Kier molecular flexibility index (Phi) is 5.57. The molecule has 3 heteroatoms. The van der Waals surface area contributed by atoms with Gasteiger partial charge in [0.25, 0.3) is 0 Å². The third-order valence-corrected chi connectivity index (χ3v) is 3.76. The van der Waals surface area contributed by atoms with Crippen molar-refractivity contribution in [3.63, 3.8) is 0 Å². The van der Waals surface area contributed by atoms with Gasteiger partial charge in [0.1, 0.15) is 0 Å². The van der Waals surface area contributed by atoms with Gasteiger partial charge in [-0.2, -0.15) is 5.26 Å². The van der Waals surface area contributed by atoms with Crippen LogP contribution in [0.1, 0.15) is 35.1 Å². The first-order chi connectivity index (χ1) is 8.97. The molecule has 0 aliphatic heterocycles. The molecule has 0 spiro atoms. The van der Waals surface area contributed by atoms with Crippen LogP contribution in [-0.2, 0) is 11.2 Å². The number of nitrogens with zero attached hydrogens (tertiary/aromatic N) is 2. The molecule has 102 valence electrons. The van der Waals surface area contributed by atoms with Gasteiger partial charge in [0, 0.05) is 26.4 Å². The molecule has 1 aromatic rings. The van der Waals surface area contributed by atoms with Gasteiger partial charge in [0.15, 0.2) is 0 Å². The molecule has 0 heterocycles. The molecule has 0 aromatic heterocycles. The number of hydrogen-bond acceptors (Lipinski definition) is 2. The highest BCUT2D eigenvalue weighted by Crippen LogP contribution is 2.17. The number of carbonyl (C=O) groups is 1. The van der Waals surface area contributed by atoms with Crippen LogP contribution < -0.4 is 0 Å². The van der Waals surface area contributed by atoms with Crippen LogP contribution in [0.5, 0.6) is 0 Å². The summed E-state index contributed by atoms with van der Waals surface area (Å²) in [5, 5.41) is 8.48. The van der Waals surface area contributed by atoms with Gasteiger partial charge in [0.2, 0.25) is 5.91 Å². The number of rotatable bonds is 5. The van der Waals surface area contributed by atoms with Crippen molar-refractivity contribution in [2.75, 3.05) is 13.6 Å². The molecule has 1 rings (SSSR count). The number of nitriles is 1. The van der Waals surface area contributed by atoms with Crippen LogP contribution in [0, 0.1) is 32.1 Å². The minimum Gasteiger partial charge on any atom is -0.345 e. The Bertz CT molecular complexity index is 500. The number of amides is 1. The number of benzene rings is 1. The van der Waals surface area contributed by atoms with Crippen LogP contribution in [0.25, 0.3) is 0 Å². The first-order valence-corrected chi connectivity index (χ1v) is 6.64. The molecule has 0 saturated heterocycles. The minimum absolute atomic E-state index is 0.0445. The molecule has 0 N–H and O–H groups in total. The number of aryl methyl sites for hydroxylation is 1. The Morgan fingerprint density at radius 3 is 2.58 bits per heavy atom. The molecule has 0 saturated carbocycles. The van der Waals surface area contributed by atoms with E-state index in [9.17, 15) is 4.79 Å². The Balaban J connectivity index is 2.60. The van der Waals surface area contributed by atoms with Gasteiger partial charge in [0.05, 0.1) is 6.07 Å². The van der Waals surface area contributed by atoms with E-state index in [-0.39, 0.29) is 5.91 Å². The number of hydrogen-bond donors (Lipinski definition) is 0. The predicted octanol–water partition coefficient (Wildman–Crippen LogP) is 2.92. The summed E-state index contributed by atoms with van der Waals surface area (Å²) in [4.78, 5) is 13.4. The zero-order chi connectivity index (χ0) is 14.4. The molecule has 0 fully saturated rings. The fourth-order valence-electron chi connectivity index (χ4n) is 2.05. The maximum atomic E-state index is 11.7. The monoisotopic (exact) mass is 258 g/mol. The predicted molar refractivity (Wildman–Crippen MR) is 76.8 cm³/mol. The molecule has 0 aliphatic rings. The van der Waals surface area contributed by atoms with Crippen molar-refractivity contribution in [1.29, 1.82) is 5.26 Å². The van der Waals surface area contributed by atoms with Crippen molar-refractivity contribution in [3.05, 3.63) is 34.4 Å². The van der Waals surface area contributed by atoms with Crippen LogP contribution in [0.3, 0.4) is 0 Å². The van der Waals surface area contributed by atoms with E-state index in [0.29, 0.717) is 19.4 Å². The van der Waals surface area contributed by atoms with Crippen molar-refractivity contribution in [2.45, 2.75) is 40.0 Å². The van der Waals surface area contributed by atoms with Gasteiger partial charge in [-0.15, -0.1) is 0 Å². The van der Waals surface area contributed by atoms with E-state index in [2.05, 4.69) is 32.9 Å². The summed E-state index contributed by atoms with van der Waals surface area (Å²) in [6.07, 6.45) is 1.48. The van der Waals surface area contributed by atoms with Crippen LogP contribution >= 0.6 is 0 Å². The third-order valence-electron chi connectivity index (χ3n) is 3.76. The van der Waals surface area contributed by atoms with E-state index in [1.54, 1.807) is 11.9 Å². The second-order valence-electron chi connectivity index (χ2n) is 5.01. The van der Waals surface area contributed by atoms with Gasteiger partial charge < -0.3 is 4.90 Å². The van der Waals surface area contributed by atoms with E-state index in [1.807, 2.05) is 6.07 Å². The standard InChI is InChI=1S/C16H22N2O/c1-12-7-8-15(14(3)13(12)2)9-11-18(4)16(19)6-5-10-17/h7-8H,5-6,9,11H2,1-4H3. The molecule has 0 aliphatic carbocycles. The highest BCUT2D eigenvalue weighted by molar-refractivity contribution is 5.76. The normalized spacial score (nSPS) is 10.1. The molecule has 0 radical (unpaired) electrons. The van der Waals surface area contributed by atoms with Crippen molar-refractivity contribution >= 4 is 5.91 Å². The first-order valence-electron chi connectivity index (χ1n) is 6.64. The first kappa shape index (κ1) is 15.2. The average molecular weight is 258 g/mol. The zero-order valence-corrected chi connectivity index (χ0v) is 12.3. The maximum Gasteiger partial charge on any atom is 0.223 e. The summed E-state index contributed by atoms with van der Waals surface area (Å²) in [6.45, 7) is 7.09. The third kappa shape index (κ3) is 4.10. The Labute approximate surface area is 115 Å². The molecule has 1 aromatic carbocycles. The molecule has 3 nitrogen and oxygen atoms in total. The molecule has 1 amide bonds. The van der Waals surface area contributed by atoms with Crippen molar-refractivity contribution < 1.29 is 4.79 Å². The van der Waals surface area contributed by atoms with Crippen molar-refractivity contribution in [1.82, 2.24) is 4.90 Å². The van der Waals surface area contributed by atoms with E-state index in [4.69, 9.17) is 5.26 Å². The number of likely N-dealkylation sites (N-methyl/N-ethyl adjacent to an activating group) is 1. The van der Waals surface area contributed by atoms with Gasteiger partial charge in [-0.25, -0.2) is 0 Å². The average Bonchev–Trinajstić information content (AvgIpc) is 2.41. The Morgan fingerprint density at radius 1 is 1.26 bits per heavy atom. The van der Waals surface area contributed by atoms with Crippen LogP contribution in [0.4, 0.5) is 0 Å². The lowest BCUT2D eigenvalue weighted by Gasteiger charge is -2.18. The second kappa shape index (κ2) is 6.94. The van der Waals surface area contributed by atoms with Gasteiger partial charge >= 0.3 is 0 Å². The smallest absolute Gasteiger partial charge is 0.223 e. The molecular formula is C16H22N2O. The fraction of sp³-hybridized carbons (Fsp3) is 0.500. The lowest BCUT2D eigenvalue weighted by molar-refractivity contribution is -0.129. The summed E-state index contributed by atoms with van der Waals surface area (Å²) >= 11 is 0. The van der Waals surface area contributed by atoms with E-state index in [0.717, 1.165) is 6.42 Å². The highest BCUT2D eigenvalue weighted by Gasteiger charge is 2.09. The lowest BCUT2D eigenvalue weighted by atomic mass is 9.97. The maximum absolute atomic E-state index is 11.7. The minimum atomic E-state index is 0.0445. The van der Waals surface area contributed by atoms with Crippen LogP contribution in [0.15, 0.2) is 12.1 Å². The Hall–Kier alpha value is -1.82. The van der Waals surface area contributed by atoms with Crippen molar-refractivity contribution in [2.24, 2.45) is 0 Å². The van der Waals surface area contributed by atoms with Crippen molar-refractivity contribution in [3.8, 4) is 6.07 Å². The van der Waals surface area contributed by atoms with Gasteiger partial charge in [-0.05, 0) is 49.4 Å². The topological polar surface area (TPSA) is 44.1 Å². The van der Waals surface area contributed by atoms with Gasteiger partial charge in [-0.1, -0.05) is 12.1 Å². The van der Waals surface area contributed by atoms with E-state index >= 15 is 0 Å². The van der Waals surface area contributed by atoms with Crippen LogP contribution in [-0.4, -0.2) is 24.4 Å². The second-order valence-corrected chi connectivity index (χ2v) is 5.01. The van der Waals surface area contributed by atoms with E-state index < -0.39 is 0 Å². The molecule has 0 bridgehead atoms. The largest absolute Gasteiger partial charge is 0.345 e. The molecule has 0 unspecified atom stereocenters. The summed E-state index contributed by atoms with van der Waals surface area (Å²) in [5.74, 6) is 0.0445. The molecule has 19 heavy (non-hydrogen) atoms. The van der Waals surface area contributed by atoms with Crippen LogP contribution in [0.2, 0.25) is 0 Å². The lowest BCUT2D eigenvalue weighted by Crippen LogP contribution is -2.28. The Morgan fingerprint density at radius 2 is 1.95 bits per heavy atom. The molecular weight excluding hydrogens is 236 g/mol. The highest BCUT2D eigenvalue weighted by atomic mass is 16.2. The summed E-state index contributed by atoms with van der Waals surface area (Å²) in [7, 11) is 1.80. The number of carbonyl (C=O) groups excluding carboxylic acids is 1. The molecule has 0 atom stereocenters. The summed E-state index contributed by atoms with van der Waals surface area (Å²) in [6, 6.07) is 6.28.